The lowest BCUT2D eigenvalue weighted by Gasteiger charge is -2.49. The van der Waals surface area contributed by atoms with E-state index < -0.39 is 128 Å². The molecule has 4 amide bonds. The summed E-state index contributed by atoms with van der Waals surface area (Å²) >= 11 is 0. The molecule has 0 aromatic heterocycles. The van der Waals surface area contributed by atoms with Crippen molar-refractivity contribution < 1.29 is 83.4 Å². The van der Waals surface area contributed by atoms with Gasteiger partial charge in [0.05, 0.1) is 6.61 Å². The summed E-state index contributed by atoms with van der Waals surface area (Å²) in [7, 11) is 0. The molecule has 12 N–H and O–H groups in total. The van der Waals surface area contributed by atoms with Crippen LogP contribution in [0.4, 0.5) is 0 Å². The summed E-state index contributed by atoms with van der Waals surface area (Å²) < 4.78 is 27.4. The first kappa shape index (κ1) is 36.4. The summed E-state index contributed by atoms with van der Waals surface area (Å²) in [5.41, 5.74) is 5.23. The third kappa shape index (κ3) is 8.20. The first-order chi connectivity index (χ1) is 21.0. The van der Waals surface area contributed by atoms with Crippen LogP contribution in [0.3, 0.4) is 0 Å². The zero-order valence-electron chi connectivity index (χ0n) is 24.2. The molecule has 3 heterocycles. The van der Waals surface area contributed by atoms with E-state index in [1.54, 1.807) is 0 Å². The minimum absolute atomic E-state index is 0.714. The van der Waals surface area contributed by atoms with Gasteiger partial charge in [0, 0.05) is 20.8 Å². The van der Waals surface area contributed by atoms with Crippen LogP contribution in [0, 0.1) is 0 Å². The lowest BCUT2D eigenvalue weighted by atomic mass is 9.93. The molecule has 0 aromatic carbocycles. The van der Waals surface area contributed by atoms with Gasteiger partial charge in [-0.2, -0.15) is 0 Å². The number of nitrogens with one attached hydrogen (secondary N) is 3. The Morgan fingerprint density at radius 1 is 0.667 bits per heavy atom. The number of aliphatic hydroxyl groups is 6. The number of nitrogens with two attached hydrogens (primary N) is 1. The van der Waals surface area contributed by atoms with Crippen molar-refractivity contribution in [3.63, 3.8) is 0 Å². The Morgan fingerprint density at radius 2 is 1.13 bits per heavy atom. The number of ether oxygens (including phenoxy) is 5. The van der Waals surface area contributed by atoms with E-state index in [4.69, 9.17) is 29.4 Å². The van der Waals surface area contributed by atoms with E-state index in [0.29, 0.717) is 0 Å². The summed E-state index contributed by atoms with van der Waals surface area (Å²) in [4.78, 5) is 60.0. The van der Waals surface area contributed by atoms with Gasteiger partial charge < -0.3 is 81.1 Å². The maximum atomic E-state index is 12.4. The highest BCUT2D eigenvalue weighted by Gasteiger charge is 2.56. The standard InChI is InChI=1S/C24H38N4O17/c1-5(30)26-9-13(34)15(36)18(20(25)37)44-23(9)43-17-14(35)10(27-6(2)31)24(45-19(17)21(38)39)42-16-11(28-7(3)32)22(40)41-8(4-29)12(16)33/h8-19,22-24,29,33-36,40H,4H2,1-3H3,(H2,25,37)(H,26,30)(H,27,31)(H,28,32)(H,38,39)/t8-,9-,10-,11-,12-,13-,14-,15-,16-,17-,18+,19+,22+,23+,24+/m1/s1. The van der Waals surface area contributed by atoms with Crippen LogP contribution in [-0.4, -0.2) is 164 Å². The fraction of sp³-hybridized carbons (Fsp3) is 0.792. The lowest BCUT2D eigenvalue weighted by Crippen LogP contribution is -2.71. The molecule has 0 saturated carbocycles. The molecule has 45 heavy (non-hydrogen) atoms. The molecule has 0 spiro atoms. The van der Waals surface area contributed by atoms with Gasteiger partial charge in [0.15, 0.2) is 31.1 Å². The van der Waals surface area contributed by atoms with E-state index >= 15 is 0 Å². The average Bonchev–Trinajstić information content (AvgIpc) is 2.93. The van der Waals surface area contributed by atoms with Crippen molar-refractivity contribution >= 4 is 29.6 Å². The number of aliphatic carboxylic acids is 1. The first-order valence-electron chi connectivity index (χ1n) is 13.6. The van der Waals surface area contributed by atoms with E-state index in [9.17, 15) is 59.7 Å². The maximum Gasteiger partial charge on any atom is 0.335 e. The Labute approximate surface area is 254 Å². The molecule has 256 valence electrons. The minimum atomic E-state index is -2.19. The summed E-state index contributed by atoms with van der Waals surface area (Å²) in [6.07, 6.45) is -22.8. The van der Waals surface area contributed by atoms with Gasteiger partial charge in [-0.15, -0.1) is 0 Å². The highest BCUT2D eigenvalue weighted by atomic mass is 16.7. The van der Waals surface area contributed by atoms with E-state index in [1.165, 1.54) is 0 Å². The fourth-order valence-corrected chi connectivity index (χ4v) is 5.25. The minimum Gasteiger partial charge on any atom is -0.479 e. The van der Waals surface area contributed by atoms with Gasteiger partial charge in [-0.25, -0.2) is 4.79 Å². The van der Waals surface area contributed by atoms with Crippen LogP contribution in [0.1, 0.15) is 20.8 Å². The Balaban J connectivity index is 1.98. The van der Waals surface area contributed by atoms with Crippen LogP contribution < -0.4 is 21.7 Å². The summed E-state index contributed by atoms with van der Waals surface area (Å²) in [5.74, 6) is -5.34. The van der Waals surface area contributed by atoms with Gasteiger partial charge in [-0.3, -0.25) is 19.2 Å². The number of carboxylic acids is 1. The number of carboxylic acid groups (broad SMARTS) is 1. The molecule has 21 heteroatoms. The zero-order chi connectivity index (χ0) is 33.9. The molecular formula is C24H38N4O17. The van der Waals surface area contributed by atoms with Crippen LogP contribution in [0.2, 0.25) is 0 Å². The van der Waals surface area contributed by atoms with Crippen LogP contribution in [0.5, 0.6) is 0 Å². The quantitative estimate of drug-likeness (QED) is 0.104. The van der Waals surface area contributed by atoms with Crippen molar-refractivity contribution in [2.24, 2.45) is 5.73 Å². The molecule has 21 nitrogen and oxygen atoms in total. The molecule has 0 aromatic rings. The second-order valence-electron chi connectivity index (χ2n) is 10.7. The molecule has 3 aliphatic rings. The van der Waals surface area contributed by atoms with Crippen molar-refractivity contribution in [3.05, 3.63) is 0 Å². The lowest BCUT2D eigenvalue weighted by molar-refractivity contribution is -0.341. The van der Waals surface area contributed by atoms with Gasteiger partial charge in [-0.1, -0.05) is 0 Å². The second kappa shape index (κ2) is 15.0. The van der Waals surface area contributed by atoms with Crippen LogP contribution >= 0.6 is 0 Å². The number of primary amides is 1. The highest BCUT2D eigenvalue weighted by Crippen LogP contribution is 2.32. The molecule has 3 rings (SSSR count). The van der Waals surface area contributed by atoms with Gasteiger partial charge in [0.25, 0.3) is 0 Å². The summed E-state index contributed by atoms with van der Waals surface area (Å²) in [5, 5.41) is 79.9. The zero-order valence-corrected chi connectivity index (χ0v) is 24.2. The molecule has 15 atom stereocenters. The molecule has 0 aliphatic carbocycles. The van der Waals surface area contributed by atoms with Crippen molar-refractivity contribution in [3.8, 4) is 0 Å². The number of carbonyl (C=O) groups excluding carboxylic acids is 4. The predicted octanol–water partition coefficient (Wildman–Crippen LogP) is -7.56. The third-order valence-electron chi connectivity index (χ3n) is 7.27. The molecular weight excluding hydrogens is 616 g/mol. The average molecular weight is 655 g/mol. The molecule has 0 bridgehead atoms. The van der Waals surface area contributed by atoms with E-state index in [2.05, 4.69) is 16.0 Å². The normalized spacial score (nSPS) is 41.8. The topological polar surface area (TPSA) is 335 Å². The Hall–Kier alpha value is -3.09. The van der Waals surface area contributed by atoms with Gasteiger partial charge in [0.2, 0.25) is 23.6 Å². The number of hydrogen-bond donors (Lipinski definition) is 11. The van der Waals surface area contributed by atoms with Crippen LogP contribution in [0.25, 0.3) is 0 Å². The van der Waals surface area contributed by atoms with Crippen LogP contribution in [0.15, 0.2) is 0 Å². The SMILES string of the molecule is CC(=O)N[C@@H]1[C@@H](O[C@H]2O[C@H](C(=O)O)[C@H](O[C@H]3O[C@H](C(N)=O)[C@H](O)[C@H](O)[C@H]3NC(C)=O)[C@H](O)[C@H]2NC(C)=O)[C@H](O)[C@@H](CO)O[C@@H]1O. The monoisotopic (exact) mass is 654 g/mol. The number of rotatable bonds is 10. The smallest absolute Gasteiger partial charge is 0.335 e. The number of aliphatic hydroxyl groups excluding tert-OH is 6. The van der Waals surface area contributed by atoms with E-state index in [0.717, 1.165) is 20.8 Å². The first-order valence-corrected chi connectivity index (χ1v) is 13.6. The largest absolute Gasteiger partial charge is 0.479 e. The Bertz CT molecular complexity index is 1110. The van der Waals surface area contributed by atoms with Crippen molar-refractivity contribution in [1.29, 1.82) is 0 Å². The number of carbonyl (C=O) groups is 5. The van der Waals surface area contributed by atoms with E-state index in [1.807, 2.05) is 0 Å². The summed E-state index contributed by atoms with van der Waals surface area (Å²) in [6, 6.07) is -4.88. The number of hydrogen-bond acceptors (Lipinski definition) is 16. The summed E-state index contributed by atoms with van der Waals surface area (Å²) in [6.45, 7) is 2.29. The Kier molecular flexibility index (Phi) is 12.1. The third-order valence-corrected chi connectivity index (χ3v) is 7.27. The maximum absolute atomic E-state index is 12.4. The number of amides is 4. The van der Waals surface area contributed by atoms with Crippen molar-refractivity contribution in [2.45, 2.75) is 113 Å². The van der Waals surface area contributed by atoms with E-state index in [-0.39, 0.29) is 0 Å². The van der Waals surface area contributed by atoms with Crippen molar-refractivity contribution in [2.75, 3.05) is 6.61 Å². The van der Waals surface area contributed by atoms with Gasteiger partial charge in [0.1, 0.15) is 60.9 Å². The van der Waals surface area contributed by atoms with Gasteiger partial charge in [-0.05, 0) is 0 Å². The molecule has 3 aliphatic heterocycles. The Morgan fingerprint density at radius 3 is 1.60 bits per heavy atom. The van der Waals surface area contributed by atoms with Gasteiger partial charge >= 0.3 is 5.97 Å². The highest BCUT2D eigenvalue weighted by molar-refractivity contribution is 5.80. The van der Waals surface area contributed by atoms with Crippen molar-refractivity contribution in [1.82, 2.24) is 16.0 Å². The molecule has 3 fully saturated rings. The second-order valence-corrected chi connectivity index (χ2v) is 10.7. The predicted molar refractivity (Wildman–Crippen MR) is 139 cm³/mol. The fourth-order valence-electron chi connectivity index (χ4n) is 5.25. The molecule has 0 radical (unpaired) electrons. The molecule has 0 unspecified atom stereocenters. The van der Waals surface area contributed by atoms with Crippen LogP contribution in [-0.2, 0) is 47.7 Å². The molecule has 3 saturated heterocycles.